The molecule has 1 nitrogen and oxygen atoms in total. The van der Waals surface area contributed by atoms with Crippen LogP contribution in [0.2, 0.25) is 0 Å². The first-order valence-corrected chi connectivity index (χ1v) is 8.34. The van der Waals surface area contributed by atoms with Gasteiger partial charge in [0.2, 0.25) is 0 Å². The molecule has 0 aromatic rings. The summed E-state index contributed by atoms with van der Waals surface area (Å²) in [5.41, 5.74) is 0. The first kappa shape index (κ1) is 20.8. The van der Waals surface area contributed by atoms with Crippen molar-refractivity contribution >= 4 is 23.5 Å². The molecule has 0 bridgehead atoms. The third kappa shape index (κ3) is 21.8. The van der Waals surface area contributed by atoms with Crippen molar-refractivity contribution in [3.63, 3.8) is 0 Å². The summed E-state index contributed by atoms with van der Waals surface area (Å²) in [5, 5.41) is 0.427. The maximum atomic E-state index is 6.03. The smallest absolute Gasteiger partial charge is 0.0679 e. The largest absolute Gasteiger partial charge is 0.279 e. The second kappa shape index (κ2) is 19.9. The Labute approximate surface area is 125 Å². The van der Waals surface area contributed by atoms with E-state index >= 15 is 0 Å². The fraction of sp³-hybridized carbons (Fsp3) is 1.00. The van der Waals surface area contributed by atoms with Gasteiger partial charge >= 0.3 is 0 Å². The standard InChI is InChI=1S/C12H25Cl.C3H7ClO/c1-3-5-6-7-8-9-10-11-12(13)4-2;1-2-3-5-4/h12H,3-11H2,1-2H3;2-3H2,1H3. The van der Waals surface area contributed by atoms with Crippen LogP contribution in [0.3, 0.4) is 0 Å². The summed E-state index contributed by atoms with van der Waals surface area (Å²) >= 11 is 10.8. The van der Waals surface area contributed by atoms with Crippen LogP contribution >= 0.6 is 23.5 Å². The first-order valence-electron chi connectivity index (χ1n) is 7.60. The SMILES string of the molecule is CCCCCCCCCC(Cl)CC.CCCOCl. The maximum Gasteiger partial charge on any atom is 0.0679 e. The first-order chi connectivity index (χ1) is 8.72. The average molecular weight is 299 g/mol. The topological polar surface area (TPSA) is 9.23 Å². The molecule has 0 fully saturated rings. The van der Waals surface area contributed by atoms with Gasteiger partial charge < -0.3 is 0 Å². The molecule has 0 spiro atoms. The Bertz CT molecular complexity index is 130. The van der Waals surface area contributed by atoms with E-state index in [1.165, 1.54) is 51.4 Å². The zero-order valence-electron chi connectivity index (χ0n) is 12.5. The zero-order chi connectivity index (χ0) is 14.1. The zero-order valence-corrected chi connectivity index (χ0v) is 14.0. The van der Waals surface area contributed by atoms with Crippen LogP contribution in [0.5, 0.6) is 0 Å². The van der Waals surface area contributed by atoms with E-state index in [0.717, 1.165) is 12.8 Å². The van der Waals surface area contributed by atoms with Crippen LogP contribution in [-0.2, 0) is 4.29 Å². The number of alkyl halides is 1. The van der Waals surface area contributed by atoms with Crippen molar-refractivity contribution in [1.82, 2.24) is 0 Å². The van der Waals surface area contributed by atoms with Crippen molar-refractivity contribution in [2.24, 2.45) is 0 Å². The summed E-state index contributed by atoms with van der Waals surface area (Å²) in [7, 11) is 0. The molecule has 0 aromatic carbocycles. The molecule has 0 aromatic heterocycles. The van der Waals surface area contributed by atoms with E-state index in [-0.39, 0.29) is 0 Å². The van der Waals surface area contributed by atoms with Crippen LogP contribution in [-0.4, -0.2) is 12.0 Å². The second-order valence-corrected chi connectivity index (χ2v) is 5.56. The molecule has 0 radical (unpaired) electrons. The van der Waals surface area contributed by atoms with Crippen molar-refractivity contribution in [3.8, 4) is 0 Å². The van der Waals surface area contributed by atoms with Crippen LogP contribution in [0, 0.1) is 0 Å². The van der Waals surface area contributed by atoms with Gasteiger partial charge in [-0.3, -0.25) is 4.29 Å². The fourth-order valence-electron chi connectivity index (χ4n) is 1.60. The summed E-state index contributed by atoms with van der Waals surface area (Å²) in [6.45, 7) is 7.09. The van der Waals surface area contributed by atoms with Crippen molar-refractivity contribution < 1.29 is 4.29 Å². The summed E-state index contributed by atoms with van der Waals surface area (Å²) in [4.78, 5) is 0. The van der Waals surface area contributed by atoms with Crippen molar-refractivity contribution in [2.45, 2.75) is 90.4 Å². The quantitative estimate of drug-likeness (QED) is 0.304. The molecule has 0 saturated carbocycles. The highest BCUT2D eigenvalue weighted by Crippen LogP contribution is 2.13. The molecule has 0 aliphatic carbocycles. The summed E-state index contributed by atoms with van der Waals surface area (Å²) < 4.78 is 4.16. The lowest BCUT2D eigenvalue weighted by atomic mass is 10.1. The summed E-state index contributed by atoms with van der Waals surface area (Å²) in [6.07, 6.45) is 13.1. The Kier molecular flexibility index (Phi) is 23.0. The Balaban J connectivity index is 0. The van der Waals surface area contributed by atoms with Gasteiger partial charge in [0, 0.05) is 5.38 Å². The molecule has 0 saturated heterocycles. The molecule has 3 heteroatoms. The van der Waals surface area contributed by atoms with Gasteiger partial charge in [-0.15, -0.1) is 11.6 Å². The highest BCUT2D eigenvalue weighted by Gasteiger charge is 1.99. The van der Waals surface area contributed by atoms with Gasteiger partial charge in [0.1, 0.15) is 0 Å². The molecule has 0 aliphatic heterocycles. The minimum absolute atomic E-state index is 0.427. The third-order valence-corrected chi connectivity index (χ3v) is 3.53. The van der Waals surface area contributed by atoms with E-state index in [1.807, 2.05) is 6.92 Å². The molecule has 0 heterocycles. The third-order valence-electron chi connectivity index (χ3n) is 2.85. The molecular weight excluding hydrogens is 267 g/mol. The normalized spacial score (nSPS) is 11.8. The highest BCUT2D eigenvalue weighted by atomic mass is 35.5. The number of unbranched alkanes of at least 4 members (excludes halogenated alkanes) is 6. The minimum atomic E-state index is 0.427. The Morgan fingerprint density at radius 2 is 1.39 bits per heavy atom. The van der Waals surface area contributed by atoms with Crippen LogP contribution in [0.15, 0.2) is 0 Å². The molecule has 0 N–H and O–H groups in total. The van der Waals surface area contributed by atoms with Crippen LogP contribution in [0.4, 0.5) is 0 Å². The van der Waals surface area contributed by atoms with E-state index < -0.39 is 0 Å². The van der Waals surface area contributed by atoms with E-state index in [4.69, 9.17) is 23.5 Å². The minimum Gasteiger partial charge on any atom is -0.279 e. The van der Waals surface area contributed by atoms with E-state index in [9.17, 15) is 0 Å². The molecule has 112 valence electrons. The molecule has 0 rings (SSSR count). The van der Waals surface area contributed by atoms with E-state index in [0.29, 0.717) is 12.0 Å². The monoisotopic (exact) mass is 298 g/mol. The average Bonchev–Trinajstić information content (AvgIpc) is 2.39. The van der Waals surface area contributed by atoms with Crippen molar-refractivity contribution in [3.05, 3.63) is 0 Å². The lowest BCUT2D eigenvalue weighted by molar-refractivity contribution is 0.351. The summed E-state index contributed by atoms with van der Waals surface area (Å²) in [6, 6.07) is 0. The molecule has 1 atom stereocenters. The number of hydrogen-bond acceptors (Lipinski definition) is 1. The van der Waals surface area contributed by atoms with Gasteiger partial charge in [-0.25, -0.2) is 0 Å². The summed E-state index contributed by atoms with van der Waals surface area (Å²) in [5.74, 6) is 0. The Morgan fingerprint density at radius 1 is 0.833 bits per heavy atom. The number of halogens is 2. The maximum absolute atomic E-state index is 6.03. The van der Waals surface area contributed by atoms with Gasteiger partial charge in [0.15, 0.2) is 0 Å². The molecular formula is C15H32Cl2O. The molecule has 18 heavy (non-hydrogen) atoms. The van der Waals surface area contributed by atoms with Crippen LogP contribution < -0.4 is 0 Å². The highest BCUT2D eigenvalue weighted by molar-refractivity contribution is 6.20. The molecule has 0 aliphatic rings. The van der Waals surface area contributed by atoms with Crippen molar-refractivity contribution in [1.29, 1.82) is 0 Å². The van der Waals surface area contributed by atoms with Crippen LogP contribution in [0.1, 0.15) is 85.0 Å². The number of rotatable bonds is 11. The van der Waals surface area contributed by atoms with Crippen LogP contribution in [0.25, 0.3) is 0 Å². The van der Waals surface area contributed by atoms with Gasteiger partial charge in [-0.2, -0.15) is 0 Å². The van der Waals surface area contributed by atoms with E-state index in [2.05, 4.69) is 18.1 Å². The van der Waals surface area contributed by atoms with E-state index in [1.54, 1.807) is 0 Å². The fourth-order valence-corrected chi connectivity index (χ4v) is 1.91. The van der Waals surface area contributed by atoms with Crippen molar-refractivity contribution in [2.75, 3.05) is 6.61 Å². The lowest BCUT2D eigenvalue weighted by Crippen LogP contribution is -1.94. The number of hydrogen-bond donors (Lipinski definition) is 0. The Morgan fingerprint density at radius 3 is 1.78 bits per heavy atom. The van der Waals surface area contributed by atoms with Gasteiger partial charge in [0.05, 0.1) is 18.5 Å². The van der Waals surface area contributed by atoms with Gasteiger partial charge in [0.25, 0.3) is 0 Å². The predicted octanol–water partition coefficient (Wildman–Crippen LogP) is 6.71. The molecule has 0 amide bonds. The Hall–Kier alpha value is 0.540. The molecule has 1 unspecified atom stereocenters. The predicted molar refractivity (Wildman–Crippen MR) is 84.6 cm³/mol. The second-order valence-electron chi connectivity index (χ2n) is 4.73. The van der Waals surface area contributed by atoms with Gasteiger partial charge in [-0.05, 0) is 19.3 Å². The van der Waals surface area contributed by atoms with Gasteiger partial charge in [-0.1, -0.05) is 65.7 Å². The lowest BCUT2D eigenvalue weighted by Gasteiger charge is -2.05.